The third kappa shape index (κ3) is 7.70. The molecule has 0 spiro atoms. The van der Waals surface area contributed by atoms with E-state index in [4.69, 9.17) is 26.2 Å². The molecule has 1 atom stereocenters. The molecule has 1 unspecified atom stereocenters. The molecule has 0 bridgehead atoms. The first kappa shape index (κ1) is 20.1. The average Bonchev–Trinajstić information content (AvgIpc) is 2.27. The van der Waals surface area contributed by atoms with Gasteiger partial charge in [0, 0.05) is 5.41 Å². The molecule has 0 amide bonds. The minimum Gasteiger partial charge on any atom is -0.450 e. The Morgan fingerprint density at radius 1 is 1.16 bits per heavy atom. The highest BCUT2D eigenvalue weighted by molar-refractivity contribution is 5.83. The maximum atomic E-state index is 8.56. The van der Waals surface area contributed by atoms with Gasteiger partial charge < -0.3 is 15.9 Å². The van der Waals surface area contributed by atoms with Crippen LogP contribution in [0.1, 0.15) is 66.2 Å². The summed E-state index contributed by atoms with van der Waals surface area (Å²) in [7, 11) is 0. The van der Waals surface area contributed by atoms with Crippen molar-refractivity contribution in [3.63, 3.8) is 0 Å². The summed E-state index contributed by atoms with van der Waals surface area (Å²) in [6.07, 6.45) is 4.90. The van der Waals surface area contributed by atoms with Gasteiger partial charge in [-0.3, -0.25) is 5.41 Å². The standard InChI is InChI=1S/C13H28N2.CH2O3/c1-5-8-11(4)13(9-6-2,10-7-3)12(14)15;2-1(3)4/h11H,5-10H2,1-4H3,(H3,14,15);(H2,2,3,4). The quantitative estimate of drug-likeness (QED) is 0.393. The summed E-state index contributed by atoms with van der Waals surface area (Å²) >= 11 is 0. The van der Waals surface area contributed by atoms with Gasteiger partial charge in [-0.25, -0.2) is 4.79 Å². The van der Waals surface area contributed by atoms with Crippen molar-refractivity contribution < 1.29 is 15.0 Å². The second-order valence-electron chi connectivity index (χ2n) is 5.04. The molecule has 0 aromatic carbocycles. The van der Waals surface area contributed by atoms with E-state index in [1.807, 2.05) is 0 Å². The van der Waals surface area contributed by atoms with Crippen LogP contribution in [-0.4, -0.2) is 22.2 Å². The van der Waals surface area contributed by atoms with Gasteiger partial charge in [-0.05, 0) is 18.8 Å². The van der Waals surface area contributed by atoms with E-state index in [9.17, 15) is 0 Å². The van der Waals surface area contributed by atoms with Crippen molar-refractivity contribution in [2.45, 2.75) is 66.2 Å². The Morgan fingerprint density at radius 3 is 1.74 bits per heavy atom. The van der Waals surface area contributed by atoms with Gasteiger partial charge in [0.25, 0.3) is 0 Å². The van der Waals surface area contributed by atoms with Crippen molar-refractivity contribution in [2.24, 2.45) is 17.1 Å². The SMILES string of the molecule is CCCC(C)C(CCC)(CCC)C(=N)N.O=C(O)O. The molecule has 5 N–H and O–H groups in total. The Bertz CT molecular complexity index is 257. The van der Waals surface area contributed by atoms with E-state index in [1.54, 1.807) is 0 Å². The van der Waals surface area contributed by atoms with Gasteiger partial charge in [-0.2, -0.15) is 0 Å². The predicted octanol–water partition coefficient (Wildman–Crippen LogP) is 4.17. The van der Waals surface area contributed by atoms with E-state index in [2.05, 4.69) is 27.7 Å². The Balaban J connectivity index is 0. The Hall–Kier alpha value is -1.26. The molecular weight excluding hydrogens is 244 g/mol. The number of hydrogen-bond acceptors (Lipinski definition) is 2. The van der Waals surface area contributed by atoms with Crippen LogP contribution in [0, 0.1) is 16.7 Å². The normalized spacial score (nSPS) is 12.2. The maximum absolute atomic E-state index is 8.56. The fourth-order valence-corrected chi connectivity index (χ4v) is 2.75. The van der Waals surface area contributed by atoms with Crippen LogP contribution in [0.2, 0.25) is 0 Å². The van der Waals surface area contributed by atoms with Crippen LogP contribution in [-0.2, 0) is 0 Å². The van der Waals surface area contributed by atoms with E-state index in [1.165, 1.54) is 12.8 Å². The van der Waals surface area contributed by atoms with Crippen molar-refractivity contribution in [3.05, 3.63) is 0 Å². The number of rotatable bonds is 8. The van der Waals surface area contributed by atoms with Crippen LogP contribution in [0.3, 0.4) is 0 Å². The van der Waals surface area contributed by atoms with E-state index < -0.39 is 6.16 Å². The van der Waals surface area contributed by atoms with E-state index >= 15 is 0 Å². The molecule has 0 aliphatic heterocycles. The molecule has 0 fully saturated rings. The fourth-order valence-electron chi connectivity index (χ4n) is 2.75. The van der Waals surface area contributed by atoms with E-state index in [0.29, 0.717) is 11.8 Å². The van der Waals surface area contributed by atoms with Crippen LogP contribution < -0.4 is 5.73 Å². The van der Waals surface area contributed by atoms with Gasteiger partial charge in [0.05, 0.1) is 5.84 Å². The minimum atomic E-state index is -1.83. The van der Waals surface area contributed by atoms with E-state index in [0.717, 1.165) is 25.7 Å². The lowest BCUT2D eigenvalue weighted by atomic mass is 9.67. The van der Waals surface area contributed by atoms with Gasteiger partial charge in [0.2, 0.25) is 0 Å². The largest absolute Gasteiger partial charge is 0.503 e. The third-order valence-corrected chi connectivity index (χ3v) is 3.59. The van der Waals surface area contributed by atoms with Crippen LogP contribution >= 0.6 is 0 Å². The highest BCUT2D eigenvalue weighted by Crippen LogP contribution is 2.40. The lowest BCUT2D eigenvalue weighted by Crippen LogP contribution is -2.41. The zero-order chi connectivity index (χ0) is 15.5. The zero-order valence-electron chi connectivity index (χ0n) is 12.7. The molecule has 19 heavy (non-hydrogen) atoms. The first-order chi connectivity index (χ1) is 8.78. The molecule has 0 aliphatic carbocycles. The number of amidine groups is 1. The number of carbonyl (C=O) groups is 1. The Kier molecular flexibility index (Phi) is 11.2. The predicted molar refractivity (Wildman–Crippen MR) is 78.9 cm³/mol. The lowest BCUT2D eigenvalue weighted by Gasteiger charge is -2.38. The van der Waals surface area contributed by atoms with Crippen molar-refractivity contribution in [1.29, 1.82) is 5.41 Å². The molecule has 0 rings (SSSR count). The van der Waals surface area contributed by atoms with Gasteiger partial charge in [-0.1, -0.05) is 53.4 Å². The van der Waals surface area contributed by atoms with Crippen LogP contribution in [0.25, 0.3) is 0 Å². The van der Waals surface area contributed by atoms with Crippen molar-refractivity contribution in [1.82, 2.24) is 0 Å². The summed E-state index contributed by atoms with van der Waals surface area (Å²) in [6.45, 7) is 8.84. The summed E-state index contributed by atoms with van der Waals surface area (Å²) in [4.78, 5) is 8.56. The molecule has 0 saturated carbocycles. The number of nitrogens with one attached hydrogen (secondary N) is 1. The van der Waals surface area contributed by atoms with Gasteiger partial charge >= 0.3 is 6.16 Å². The summed E-state index contributed by atoms with van der Waals surface area (Å²) in [5.41, 5.74) is 5.83. The number of nitrogens with two attached hydrogens (primary N) is 1. The second-order valence-corrected chi connectivity index (χ2v) is 5.04. The van der Waals surface area contributed by atoms with Crippen LogP contribution in [0.4, 0.5) is 4.79 Å². The van der Waals surface area contributed by atoms with Crippen LogP contribution in [0.15, 0.2) is 0 Å². The van der Waals surface area contributed by atoms with Crippen LogP contribution in [0.5, 0.6) is 0 Å². The summed E-state index contributed by atoms with van der Waals surface area (Å²) in [5, 5.41) is 21.8. The summed E-state index contributed by atoms with van der Waals surface area (Å²) in [5.74, 6) is 0.951. The molecule has 5 heteroatoms. The molecular formula is C14H30N2O3. The van der Waals surface area contributed by atoms with Gasteiger partial charge in [0.15, 0.2) is 0 Å². The zero-order valence-corrected chi connectivity index (χ0v) is 12.7. The third-order valence-electron chi connectivity index (χ3n) is 3.59. The maximum Gasteiger partial charge on any atom is 0.503 e. The van der Waals surface area contributed by atoms with Crippen molar-refractivity contribution >= 4 is 12.0 Å². The molecule has 114 valence electrons. The Morgan fingerprint density at radius 2 is 1.53 bits per heavy atom. The summed E-state index contributed by atoms with van der Waals surface area (Å²) in [6, 6.07) is 0. The molecule has 0 aromatic heterocycles. The van der Waals surface area contributed by atoms with E-state index in [-0.39, 0.29) is 5.41 Å². The molecule has 0 heterocycles. The van der Waals surface area contributed by atoms with Crippen molar-refractivity contribution in [2.75, 3.05) is 0 Å². The van der Waals surface area contributed by atoms with Crippen molar-refractivity contribution in [3.8, 4) is 0 Å². The number of hydrogen-bond donors (Lipinski definition) is 4. The topological polar surface area (TPSA) is 107 Å². The first-order valence-corrected chi connectivity index (χ1v) is 7.04. The first-order valence-electron chi connectivity index (χ1n) is 7.04. The minimum absolute atomic E-state index is 0.0283. The highest BCUT2D eigenvalue weighted by Gasteiger charge is 2.36. The second kappa shape index (κ2) is 10.6. The lowest BCUT2D eigenvalue weighted by molar-refractivity contribution is 0.137. The van der Waals surface area contributed by atoms with Gasteiger partial charge in [-0.15, -0.1) is 0 Å². The molecule has 5 nitrogen and oxygen atoms in total. The smallest absolute Gasteiger partial charge is 0.450 e. The molecule has 0 radical (unpaired) electrons. The monoisotopic (exact) mass is 274 g/mol. The number of carboxylic acid groups (broad SMARTS) is 2. The Labute approximate surface area is 116 Å². The fraction of sp³-hybridized carbons (Fsp3) is 0.857. The average molecular weight is 274 g/mol. The van der Waals surface area contributed by atoms with Gasteiger partial charge in [0.1, 0.15) is 0 Å². The molecule has 0 saturated heterocycles. The molecule has 0 aliphatic rings. The summed E-state index contributed by atoms with van der Waals surface area (Å²) < 4.78 is 0. The molecule has 0 aromatic rings. The highest BCUT2D eigenvalue weighted by atomic mass is 16.6.